The van der Waals surface area contributed by atoms with Crippen LogP contribution >= 0.6 is 0 Å². The fourth-order valence-corrected chi connectivity index (χ4v) is 2.21. The third-order valence-electron chi connectivity index (χ3n) is 3.46. The molecule has 2 rings (SSSR count). The molecule has 0 saturated heterocycles. The molecule has 0 aliphatic carbocycles. The topological polar surface area (TPSA) is 50.7 Å². The van der Waals surface area contributed by atoms with E-state index in [1.165, 1.54) is 7.11 Å². The smallest absolute Gasteiger partial charge is 0.275 e. The first-order valence-electron chi connectivity index (χ1n) is 7.08. The maximum Gasteiger partial charge on any atom is 0.275 e. The summed E-state index contributed by atoms with van der Waals surface area (Å²) >= 11 is 0. The number of nitrogens with zero attached hydrogens (tertiary/aromatic N) is 1. The van der Waals surface area contributed by atoms with E-state index in [2.05, 4.69) is 22.7 Å². The second kappa shape index (κ2) is 6.89. The number of amides is 1. The second-order valence-electron chi connectivity index (χ2n) is 5.16. The molecule has 0 fully saturated rings. The Bertz CT molecular complexity index is 721. The molecule has 0 radical (unpaired) electrons. The summed E-state index contributed by atoms with van der Waals surface area (Å²) in [4.78, 5) is 12.2. The van der Waals surface area contributed by atoms with Gasteiger partial charge in [0.25, 0.3) is 5.91 Å². The van der Waals surface area contributed by atoms with Gasteiger partial charge in [-0.3, -0.25) is 4.79 Å². The minimum atomic E-state index is -0.290. The largest absolute Gasteiger partial charge is 0.496 e. The second-order valence-corrected chi connectivity index (χ2v) is 5.16. The normalized spacial score (nSPS) is 11.2. The Balaban J connectivity index is 2.20. The van der Waals surface area contributed by atoms with Crippen molar-refractivity contribution in [2.24, 2.45) is 5.10 Å². The van der Waals surface area contributed by atoms with Gasteiger partial charge in [0.2, 0.25) is 0 Å². The number of aryl methyl sites for hydroxylation is 2. The number of ether oxygens (including phenoxy) is 1. The molecule has 22 heavy (non-hydrogen) atoms. The molecule has 0 saturated carbocycles. The van der Waals surface area contributed by atoms with E-state index in [0.29, 0.717) is 11.3 Å². The highest BCUT2D eigenvalue weighted by atomic mass is 16.5. The molecule has 4 heteroatoms. The average Bonchev–Trinajstić information content (AvgIpc) is 2.54. The molecule has 0 spiro atoms. The van der Waals surface area contributed by atoms with Crippen molar-refractivity contribution >= 4 is 11.6 Å². The number of nitrogens with one attached hydrogen (secondary N) is 1. The van der Waals surface area contributed by atoms with E-state index in [4.69, 9.17) is 4.74 Å². The van der Waals surface area contributed by atoms with Crippen molar-refractivity contribution in [3.8, 4) is 5.75 Å². The van der Waals surface area contributed by atoms with Crippen LogP contribution in [0.25, 0.3) is 0 Å². The van der Waals surface area contributed by atoms with Gasteiger partial charge in [0.1, 0.15) is 5.75 Å². The number of carbonyl (C=O) groups is 1. The van der Waals surface area contributed by atoms with Gasteiger partial charge in [-0.1, -0.05) is 29.8 Å². The van der Waals surface area contributed by atoms with Gasteiger partial charge in [0, 0.05) is 5.56 Å². The van der Waals surface area contributed by atoms with Crippen molar-refractivity contribution in [2.45, 2.75) is 20.8 Å². The van der Waals surface area contributed by atoms with Crippen molar-refractivity contribution < 1.29 is 9.53 Å². The van der Waals surface area contributed by atoms with Gasteiger partial charge >= 0.3 is 0 Å². The van der Waals surface area contributed by atoms with E-state index in [-0.39, 0.29) is 5.91 Å². The molecule has 0 bridgehead atoms. The van der Waals surface area contributed by atoms with E-state index < -0.39 is 0 Å². The maximum atomic E-state index is 12.2. The minimum absolute atomic E-state index is 0.290. The quantitative estimate of drug-likeness (QED) is 0.694. The third-order valence-corrected chi connectivity index (χ3v) is 3.46. The summed E-state index contributed by atoms with van der Waals surface area (Å²) in [5.41, 5.74) is 7.13. The van der Waals surface area contributed by atoms with Gasteiger partial charge in [-0.05, 0) is 44.5 Å². The summed E-state index contributed by atoms with van der Waals surface area (Å²) in [6.45, 7) is 5.93. The van der Waals surface area contributed by atoms with Crippen molar-refractivity contribution in [3.05, 3.63) is 64.7 Å². The summed E-state index contributed by atoms with van der Waals surface area (Å²) in [7, 11) is 1.54. The fourth-order valence-electron chi connectivity index (χ4n) is 2.21. The minimum Gasteiger partial charge on any atom is -0.496 e. The maximum absolute atomic E-state index is 12.2. The lowest BCUT2D eigenvalue weighted by Gasteiger charge is -2.09. The molecule has 0 aliphatic rings. The molecule has 1 N–H and O–H groups in total. The molecule has 2 aromatic rings. The van der Waals surface area contributed by atoms with Gasteiger partial charge < -0.3 is 4.74 Å². The highest BCUT2D eigenvalue weighted by Gasteiger charge is 2.11. The van der Waals surface area contributed by atoms with Crippen LogP contribution < -0.4 is 10.2 Å². The van der Waals surface area contributed by atoms with Crippen molar-refractivity contribution in [2.75, 3.05) is 7.11 Å². The summed E-state index contributed by atoms with van der Waals surface area (Å²) in [5.74, 6) is 0.238. The van der Waals surface area contributed by atoms with Crippen LogP contribution in [0.5, 0.6) is 5.75 Å². The van der Waals surface area contributed by atoms with Crippen LogP contribution in [-0.4, -0.2) is 18.7 Å². The number of carbonyl (C=O) groups excluding carboxylic acids is 1. The van der Waals surface area contributed by atoms with Crippen LogP contribution in [0, 0.1) is 13.8 Å². The first kappa shape index (κ1) is 15.8. The van der Waals surface area contributed by atoms with Gasteiger partial charge in [-0.15, -0.1) is 0 Å². The summed E-state index contributed by atoms with van der Waals surface area (Å²) in [6.07, 6.45) is 0. The fraction of sp³-hybridized carbons (Fsp3) is 0.222. The molecular weight excluding hydrogens is 276 g/mol. The predicted molar refractivity (Wildman–Crippen MR) is 88.6 cm³/mol. The van der Waals surface area contributed by atoms with Crippen LogP contribution in [0.15, 0.2) is 47.6 Å². The molecule has 114 valence electrons. The molecule has 1 amide bonds. The van der Waals surface area contributed by atoms with Crippen molar-refractivity contribution in [3.63, 3.8) is 0 Å². The SMILES string of the molecule is COc1ccccc1C(=O)N/N=C(/C)c1cc(C)ccc1C. The van der Waals surface area contributed by atoms with E-state index in [1.54, 1.807) is 18.2 Å². The number of hydrogen-bond acceptors (Lipinski definition) is 3. The third kappa shape index (κ3) is 3.52. The Kier molecular flexibility index (Phi) is 4.94. The number of methoxy groups -OCH3 is 1. The van der Waals surface area contributed by atoms with E-state index >= 15 is 0 Å². The van der Waals surface area contributed by atoms with Crippen molar-refractivity contribution in [1.29, 1.82) is 0 Å². The van der Waals surface area contributed by atoms with E-state index in [0.717, 1.165) is 22.4 Å². The molecule has 0 aromatic heterocycles. The monoisotopic (exact) mass is 296 g/mol. The van der Waals surface area contributed by atoms with Gasteiger partial charge in [0.15, 0.2) is 0 Å². The van der Waals surface area contributed by atoms with E-state index in [1.807, 2.05) is 32.9 Å². The number of benzene rings is 2. The Hall–Kier alpha value is -2.62. The van der Waals surface area contributed by atoms with E-state index in [9.17, 15) is 4.79 Å². The zero-order valence-electron chi connectivity index (χ0n) is 13.3. The molecule has 0 aliphatic heterocycles. The lowest BCUT2D eigenvalue weighted by Crippen LogP contribution is -2.20. The lowest BCUT2D eigenvalue weighted by atomic mass is 10.0. The Labute approximate surface area is 130 Å². The summed E-state index contributed by atoms with van der Waals surface area (Å²) < 4.78 is 5.18. The standard InChI is InChI=1S/C18H20N2O2/c1-12-9-10-13(2)16(11-12)14(3)19-20-18(21)15-7-5-6-8-17(15)22-4/h5-11H,1-4H3,(H,20,21)/b19-14-. The first-order valence-corrected chi connectivity index (χ1v) is 7.08. The Morgan fingerprint density at radius 1 is 1.09 bits per heavy atom. The van der Waals surface area contributed by atoms with Gasteiger partial charge in [-0.25, -0.2) is 5.43 Å². The number of para-hydroxylation sites is 1. The van der Waals surface area contributed by atoms with Crippen molar-refractivity contribution in [1.82, 2.24) is 5.43 Å². The molecular formula is C18H20N2O2. The van der Waals surface area contributed by atoms with Crippen LogP contribution in [0.4, 0.5) is 0 Å². The molecule has 2 aromatic carbocycles. The number of hydrazone groups is 1. The number of hydrogen-bond donors (Lipinski definition) is 1. The van der Waals surface area contributed by atoms with Crippen LogP contribution in [0.1, 0.15) is 34.0 Å². The van der Waals surface area contributed by atoms with Crippen LogP contribution in [0.2, 0.25) is 0 Å². The van der Waals surface area contributed by atoms with Crippen LogP contribution in [-0.2, 0) is 0 Å². The highest BCUT2D eigenvalue weighted by molar-refractivity contribution is 6.02. The highest BCUT2D eigenvalue weighted by Crippen LogP contribution is 2.17. The molecule has 0 atom stereocenters. The lowest BCUT2D eigenvalue weighted by molar-refractivity contribution is 0.0952. The number of rotatable bonds is 4. The summed E-state index contributed by atoms with van der Waals surface area (Å²) in [5, 5.41) is 4.21. The first-order chi connectivity index (χ1) is 10.5. The zero-order valence-corrected chi connectivity index (χ0v) is 13.3. The molecule has 0 heterocycles. The Morgan fingerprint density at radius 2 is 1.82 bits per heavy atom. The van der Waals surface area contributed by atoms with Gasteiger partial charge in [0.05, 0.1) is 18.4 Å². The predicted octanol–water partition coefficient (Wildman–Crippen LogP) is 3.47. The Morgan fingerprint density at radius 3 is 2.55 bits per heavy atom. The van der Waals surface area contributed by atoms with Crippen LogP contribution in [0.3, 0.4) is 0 Å². The molecule has 0 unspecified atom stereocenters. The average molecular weight is 296 g/mol. The zero-order chi connectivity index (χ0) is 16.1. The van der Waals surface area contributed by atoms with Gasteiger partial charge in [-0.2, -0.15) is 5.10 Å². The molecule has 4 nitrogen and oxygen atoms in total. The summed E-state index contributed by atoms with van der Waals surface area (Å²) in [6, 6.07) is 13.2.